The fraction of sp³-hybridized carbons (Fsp3) is 0.955. The molecule has 0 aromatic rings. The molecule has 1 aliphatic heterocycles. The topological polar surface area (TPSA) is 105 Å². The Morgan fingerprint density at radius 3 is 2.07 bits per heavy atom. The Hall–Kier alpha value is -0.730. The molecular weight excluding hydrogens is 376 g/mol. The molecule has 1 fully saturated rings. The van der Waals surface area contributed by atoms with Crippen LogP contribution in [0.4, 0.5) is 0 Å². The van der Waals surface area contributed by atoms with Gasteiger partial charge >= 0.3 is 5.97 Å². The third-order valence-electron chi connectivity index (χ3n) is 5.29. The van der Waals surface area contributed by atoms with E-state index in [0.29, 0.717) is 13.3 Å². The summed E-state index contributed by atoms with van der Waals surface area (Å²) in [5.74, 6) is -0.355. The molecule has 0 aromatic heterocycles. The Morgan fingerprint density at radius 2 is 1.48 bits per heavy atom. The first-order valence-electron chi connectivity index (χ1n) is 12.0. The number of rotatable bonds is 16. The van der Waals surface area contributed by atoms with E-state index in [4.69, 9.17) is 15.6 Å². The van der Waals surface area contributed by atoms with E-state index in [9.17, 15) is 20.1 Å². The van der Waals surface area contributed by atoms with Crippen molar-refractivity contribution in [3.63, 3.8) is 0 Å². The molecule has 0 amide bonds. The van der Waals surface area contributed by atoms with Crippen molar-refractivity contribution in [1.82, 2.24) is 0 Å². The van der Waals surface area contributed by atoms with Gasteiger partial charge in [-0.05, 0) is 13.3 Å². The molecule has 0 spiro atoms. The fourth-order valence-electron chi connectivity index (χ4n) is 3.46. The SMILES string of the molecule is [2H]CCCCCCCCCCCCCC(=O)OC[C@H]1OC(OCC)[C@H](O)[C@@H](O)[C@@H]1O. The van der Waals surface area contributed by atoms with Gasteiger partial charge < -0.3 is 29.5 Å². The second kappa shape index (κ2) is 16.0. The Labute approximate surface area is 177 Å². The molecule has 1 saturated heterocycles. The second-order valence-electron chi connectivity index (χ2n) is 7.79. The number of aliphatic hydroxyl groups excluding tert-OH is 3. The first-order valence-corrected chi connectivity index (χ1v) is 11.3. The highest BCUT2D eigenvalue weighted by Gasteiger charge is 2.44. The van der Waals surface area contributed by atoms with Crippen molar-refractivity contribution in [3.05, 3.63) is 0 Å². The van der Waals surface area contributed by atoms with E-state index in [1.807, 2.05) is 0 Å². The number of hydrogen-bond acceptors (Lipinski definition) is 7. The third-order valence-corrected chi connectivity index (χ3v) is 5.29. The van der Waals surface area contributed by atoms with Gasteiger partial charge in [-0.15, -0.1) is 0 Å². The predicted octanol–water partition coefficient (Wildman–Crippen LogP) is 3.07. The number of carbonyl (C=O) groups excluding carboxylic acids is 1. The molecule has 5 atom stereocenters. The highest BCUT2D eigenvalue weighted by Crippen LogP contribution is 2.22. The van der Waals surface area contributed by atoms with Crippen LogP contribution in [-0.4, -0.2) is 65.2 Å². The minimum absolute atomic E-state index is 0.185. The average Bonchev–Trinajstić information content (AvgIpc) is 2.74. The third kappa shape index (κ3) is 10.7. The van der Waals surface area contributed by atoms with E-state index >= 15 is 0 Å². The van der Waals surface area contributed by atoms with E-state index in [1.165, 1.54) is 44.9 Å². The molecule has 3 N–H and O–H groups in total. The van der Waals surface area contributed by atoms with Crippen LogP contribution in [0.1, 0.15) is 92.2 Å². The van der Waals surface area contributed by atoms with Crippen LogP contribution in [-0.2, 0) is 19.0 Å². The summed E-state index contributed by atoms with van der Waals surface area (Å²) < 4.78 is 22.9. The summed E-state index contributed by atoms with van der Waals surface area (Å²) in [6.45, 7) is 2.37. The number of hydrogen-bond donors (Lipinski definition) is 3. The maximum Gasteiger partial charge on any atom is 0.305 e. The summed E-state index contributed by atoms with van der Waals surface area (Å²) in [5, 5.41) is 29.7. The zero-order chi connectivity index (χ0) is 22.2. The first kappa shape index (κ1) is 24.5. The Bertz CT molecular complexity index is 438. The quantitative estimate of drug-likeness (QED) is 0.261. The lowest BCUT2D eigenvalue weighted by Crippen LogP contribution is -2.59. The fourth-order valence-corrected chi connectivity index (χ4v) is 3.46. The molecule has 29 heavy (non-hydrogen) atoms. The minimum atomic E-state index is -1.41. The number of esters is 1. The standard InChI is InChI=1S/C22H42O7/c1-3-5-6-7-8-9-10-11-12-13-14-15-18(23)28-16-17-19(24)20(25)21(26)22(29-17)27-4-2/h17,19-22,24-26H,3-16H2,1-2H3/t17-,19-,20+,21-,22?/m1/s1/i1D. The number of carbonyl (C=O) groups is 1. The van der Waals surface area contributed by atoms with Crippen molar-refractivity contribution in [1.29, 1.82) is 0 Å². The van der Waals surface area contributed by atoms with Crippen LogP contribution in [0.5, 0.6) is 0 Å². The van der Waals surface area contributed by atoms with Crippen molar-refractivity contribution < 1.29 is 35.7 Å². The normalized spacial score (nSPS) is 27.6. The van der Waals surface area contributed by atoms with Crippen molar-refractivity contribution in [3.8, 4) is 0 Å². The smallest absolute Gasteiger partial charge is 0.305 e. The van der Waals surface area contributed by atoms with E-state index in [2.05, 4.69) is 0 Å². The Morgan fingerprint density at radius 1 is 0.897 bits per heavy atom. The molecular formula is C22H42O7. The average molecular weight is 420 g/mol. The van der Waals surface area contributed by atoms with Gasteiger partial charge in [-0.3, -0.25) is 4.79 Å². The zero-order valence-electron chi connectivity index (χ0n) is 19.0. The number of unbranched alkanes of at least 4 members (excludes halogenated alkanes) is 10. The van der Waals surface area contributed by atoms with Gasteiger partial charge in [0.1, 0.15) is 31.0 Å². The van der Waals surface area contributed by atoms with Crippen LogP contribution in [0.25, 0.3) is 0 Å². The summed E-state index contributed by atoms with van der Waals surface area (Å²) >= 11 is 0. The zero-order valence-corrected chi connectivity index (χ0v) is 18.0. The van der Waals surface area contributed by atoms with Gasteiger partial charge in [0.05, 0.1) is 0 Å². The Kier molecular flexibility index (Phi) is 13.6. The number of ether oxygens (including phenoxy) is 3. The summed E-state index contributed by atoms with van der Waals surface area (Å²) in [5.41, 5.74) is 0. The highest BCUT2D eigenvalue weighted by molar-refractivity contribution is 5.69. The van der Waals surface area contributed by atoms with Crippen LogP contribution in [0, 0.1) is 0 Å². The summed E-state index contributed by atoms with van der Waals surface area (Å²) in [4.78, 5) is 11.9. The molecule has 0 aromatic carbocycles. The summed E-state index contributed by atoms with van der Waals surface area (Å²) in [6.07, 6.45) is 6.75. The molecule has 0 aliphatic carbocycles. The maximum absolute atomic E-state index is 11.9. The van der Waals surface area contributed by atoms with E-state index in [1.54, 1.807) is 6.92 Å². The molecule has 0 saturated carbocycles. The Balaban J connectivity index is 2.04. The van der Waals surface area contributed by atoms with Crippen LogP contribution >= 0.6 is 0 Å². The van der Waals surface area contributed by atoms with Crippen LogP contribution in [0.2, 0.25) is 0 Å². The molecule has 7 heteroatoms. The lowest BCUT2D eigenvalue weighted by molar-refractivity contribution is -0.300. The van der Waals surface area contributed by atoms with E-state index < -0.39 is 30.7 Å². The molecule has 0 bridgehead atoms. The largest absolute Gasteiger partial charge is 0.463 e. The van der Waals surface area contributed by atoms with Gasteiger partial charge in [-0.2, -0.15) is 0 Å². The lowest BCUT2D eigenvalue weighted by Gasteiger charge is -2.39. The summed E-state index contributed by atoms with van der Waals surface area (Å²) in [6, 6.07) is 0. The van der Waals surface area contributed by atoms with Crippen LogP contribution in [0.15, 0.2) is 0 Å². The van der Waals surface area contributed by atoms with Crippen LogP contribution < -0.4 is 0 Å². The first-order chi connectivity index (χ1) is 14.5. The highest BCUT2D eigenvalue weighted by atomic mass is 16.7. The molecule has 7 nitrogen and oxygen atoms in total. The molecule has 1 rings (SSSR count). The molecule has 1 unspecified atom stereocenters. The molecule has 1 heterocycles. The monoisotopic (exact) mass is 419 g/mol. The van der Waals surface area contributed by atoms with Gasteiger partial charge in [0.2, 0.25) is 0 Å². The van der Waals surface area contributed by atoms with Gasteiger partial charge in [0, 0.05) is 14.4 Å². The number of aliphatic hydroxyl groups is 3. The van der Waals surface area contributed by atoms with Gasteiger partial charge in [-0.25, -0.2) is 0 Å². The lowest BCUT2D eigenvalue weighted by atomic mass is 9.99. The summed E-state index contributed by atoms with van der Waals surface area (Å²) in [7, 11) is 0. The molecule has 1 aliphatic rings. The van der Waals surface area contributed by atoms with Gasteiger partial charge in [-0.1, -0.05) is 71.1 Å². The van der Waals surface area contributed by atoms with E-state index in [-0.39, 0.29) is 19.2 Å². The van der Waals surface area contributed by atoms with Gasteiger partial charge in [0.15, 0.2) is 6.29 Å². The second-order valence-corrected chi connectivity index (χ2v) is 7.79. The van der Waals surface area contributed by atoms with Crippen molar-refractivity contribution >= 4 is 5.97 Å². The van der Waals surface area contributed by atoms with Gasteiger partial charge in [0.25, 0.3) is 0 Å². The minimum Gasteiger partial charge on any atom is -0.463 e. The predicted molar refractivity (Wildman–Crippen MR) is 110 cm³/mol. The molecule has 172 valence electrons. The van der Waals surface area contributed by atoms with E-state index in [0.717, 1.165) is 25.7 Å². The maximum atomic E-state index is 11.9. The van der Waals surface area contributed by atoms with Crippen molar-refractivity contribution in [2.45, 2.75) is 122 Å². The van der Waals surface area contributed by atoms with Crippen molar-refractivity contribution in [2.75, 3.05) is 13.2 Å². The van der Waals surface area contributed by atoms with Crippen molar-refractivity contribution in [2.24, 2.45) is 0 Å². The molecule has 0 radical (unpaired) electrons. The van der Waals surface area contributed by atoms with Crippen LogP contribution in [0.3, 0.4) is 0 Å².